The van der Waals surface area contributed by atoms with Gasteiger partial charge in [-0.3, -0.25) is 4.57 Å². The fourth-order valence-corrected chi connectivity index (χ4v) is 3.15. The average molecular weight is 297 g/mol. The third kappa shape index (κ3) is 3.57. The molecule has 0 aromatic heterocycles. The standard InChI is InChI=1S/C11H15F3NO3P/c1-3-17-19(16,18-4-2)11(15)7-5-9(13)10(14)6-8(7)12/h5-6,11H,3-4,15H2,1-2H3/t11-/m0/s1. The molecule has 4 nitrogen and oxygen atoms in total. The lowest BCUT2D eigenvalue weighted by Gasteiger charge is -2.23. The van der Waals surface area contributed by atoms with Gasteiger partial charge in [0.2, 0.25) is 0 Å². The SMILES string of the molecule is CCOP(=O)(OCC)[C@H](N)c1cc(F)c(F)cc1F. The normalized spacial score (nSPS) is 13.6. The van der Waals surface area contributed by atoms with Crippen molar-refractivity contribution in [2.45, 2.75) is 19.6 Å². The van der Waals surface area contributed by atoms with Crippen LogP contribution in [0.2, 0.25) is 0 Å². The highest BCUT2D eigenvalue weighted by Crippen LogP contribution is 2.58. The third-order valence-electron chi connectivity index (χ3n) is 2.32. The van der Waals surface area contributed by atoms with Crippen molar-refractivity contribution in [2.75, 3.05) is 13.2 Å². The minimum Gasteiger partial charge on any atom is -0.314 e. The van der Waals surface area contributed by atoms with E-state index >= 15 is 0 Å². The second-order valence-corrected chi connectivity index (χ2v) is 5.76. The van der Waals surface area contributed by atoms with E-state index in [-0.39, 0.29) is 13.2 Å². The molecule has 1 aromatic rings. The molecular formula is C11H15F3NO3P. The van der Waals surface area contributed by atoms with Gasteiger partial charge in [-0.05, 0) is 19.9 Å². The molecule has 2 N–H and O–H groups in total. The van der Waals surface area contributed by atoms with Gasteiger partial charge >= 0.3 is 7.60 Å². The fraction of sp³-hybridized carbons (Fsp3) is 0.455. The van der Waals surface area contributed by atoms with Crippen molar-refractivity contribution < 1.29 is 26.8 Å². The summed E-state index contributed by atoms with van der Waals surface area (Å²) in [5.74, 6) is -5.27. The molecule has 1 rings (SSSR count). The summed E-state index contributed by atoms with van der Waals surface area (Å²) < 4.78 is 61.7. The van der Waals surface area contributed by atoms with E-state index in [4.69, 9.17) is 14.8 Å². The maximum atomic E-state index is 13.6. The monoisotopic (exact) mass is 297 g/mol. The fourth-order valence-electron chi connectivity index (χ4n) is 1.49. The van der Waals surface area contributed by atoms with Crippen LogP contribution < -0.4 is 5.73 Å². The predicted molar refractivity (Wildman–Crippen MR) is 64.1 cm³/mol. The van der Waals surface area contributed by atoms with Crippen LogP contribution >= 0.6 is 7.60 Å². The zero-order chi connectivity index (χ0) is 14.6. The molecular weight excluding hydrogens is 282 g/mol. The van der Waals surface area contributed by atoms with E-state index in [1.165, 1.54) is 0 Å². The summed E-state index contributed by atoms with van der Waals surface area (Å²) in [7, 11) is -3.85. The van der Waals surface area contributed by atoms with E-state index in [9.17, 15) is 17.7 Å². The van der Waals surface area contributed by atoms with Crippen LogP contribution in [0.1, 0.15) is 25.2 Å². The van der Waals surface area contributed by atoms with E-state index in [1.807, 2.05) is 0 Å². The zero-order valence-corrected chi connectivity index (χ0v) is 11.4. The van der Waals surface area contributed by atoms with Gasteiger partial charge in [0, 0.05) is 11.6 Å². The molecule has 0 spiro atoms. The minimum atomic E-state index is -3.85. The van der Waals surface area contributed by atoms with Crippen molar-refractivity contribution in [1.82, 2.24) is 0 Å². The molecule has 1 aromatic carbocycles. The maximum Gasteiger partial charge on any atom is 0.351 e. The number of hydrogen-bond acceptors (Lipinski definition) is 4. The molecule has 0 heterocycles. The number of nitrogens with two attached hydrogens (primary N) is 1. The lowest BCUT2D eigenvalue weighted by molar-refractivity contribution is 0.211. The van der Waals surface area contributed by atoms with Crippen LogP contribution in [-0.4, -0.2) is 13.2 Å². The summed E-state index contributed by atoms with van der Waals surface area (Å²) in [5, 5.41) is 0. The van der Waals surface area contributed by atoms with Crippen molar-refractivity contribution in [3.63, 3.8) is 0 Å². The van der Waals surface area contributed by atoms with Crippen LogP contribution in [0.3, 0.4) is 0 Å². The summed E-state index contributed by atoms with van der Waals surface area (Å²) >= 11 is 0. The largest absolute Gasteiger partial charge is 0.351 e. The first-order valence-electron chi connectivity index (χ1n) is 5.64. The molecule has 19 heavy (non-hydrogen) atoms. The van der Waals surface area contributed by atoms with Gasteiger partial charge in [-0.2, -0.15) is 0 Å². The molecule has 1 atom stereocenters. The lowest BCUT2D eigenvalue weighted by atomic mass is 10.2. The maximum absolute atomic E-state index is 13.6. The molecule has 8 heteroatoms. The molecule has 0 saturated heterocycles. The molecule has 0 aliphatic rings. The van der Waals surface area contributed by atoms with Crippen molar-refractivity contribution in [1.29, 1.82) is 0 Å². The molecule has 0 saturated carbocycles. The van der Waals surface area contributed by atoms with E-state index in [0.29, 0.717) is 12.1 Å². The van der Waals surface area contributed by atoms with Crippen LogP contribution in [-0.2, 0) is 13.6 Å². The first-order chi connectivity index (χ1) is 8.85. The molecule has 0 aliphatic heterocycles. The van der Waals surface area contributed by atoms with Crippen LogP contribution in [0.4, 0.5) is 13.2 Å². The summed E-state index contributed by atoms with van der Waals surface area (Å²) in [6.45, 7) is 3.16. The Morgan fingerprint density at radius 3 is 2.05 bits per heavy atom. The highest BCUT2D eigenvalue weighted by atomic mass is 31.2. The van der Waals surface area contributed by atoms with E-state index in [2.05, 4.69) is 0 Å². The van der Waals surface area contributed by atoms with Gasteiger partial charge in [0.1, 0.15) is 11.6 Å². The molecule has 108 valence electrons. The molecule has 0 fully saturated rings. The van der Waals surface area contributed by atoms with Crippen LogP contribution in [0.25, 0.3) is 0 Å². The second kappa shape index (κ2) is 6.52. The zero-order valence-electron chi connectivity index (χ0n) is 10.5. The van der Waals surface area contributed by atoms with Gasteiger partial charge in [0.05, 0.1) is 13.2 Å². The Morgan fingerprint density at radius 1 is 1.11 bits per heavy atom. The van der Waals surface area contributed by atoms with Gasteiger partial charge in [-0.15, -0.1) is 0 Å². The van der Waals surface area contributed by atoms with E-state index in [1.54, 1.807) is 13.8 Å². The second-order valence-electron chi connectivity index (χ2n) is 3.61. The van der Waals surface area contributed by atoms with Crippen LogP contribution in [0, 0.1) is 17.5 Å². The number of rotatable bonds is 6. The van der Waals surface area contributed by atoms with Gasteiger partial charge in [-0.25, -0.2) is 13.2 Å². The summed E-state index contributed by atoms with van der Waals surface area (Å²) in [5.41, 5.74) is 5.17. The van der Waals surface area contributed by atoms with Crippen LogP contribution in [0.5, 0.6) is 0 Å². The Bertz CT molecular complexity index is 488. The average Bonchev–Trinajstić information content (AvgIpc) is 2.33. The van der Waals surface area contributed by atoms with Crippen molar-refractivity contribution in [2.24, 2.45) is 5.73 Å². The summed E-state index contributed by atoms with van der Waals surface area (Å²) in [4.78, 5) is 0. The molecule has 0 unspecified atom stereocenters. The Balaban J connectivity index is 3.20. The lowest BCUT2D eigenvalue weighted by Crippen LogP contribution is -2.17. The van der Waals surface area contributed by atoms with Crippen molar-refractivity contribution in [3.8, 4) is 0 Å². The first kappa shape index (κ1) is 16.2. The number of benzene rings is 1. The number of halogens is 3. The molecule has 0 radical (unpaired) electrons. The van der Waals surface area contributed by atoms with Crippen LogP contribution in [0.15, 0.2) is 12.1 Å². The summed E-state index contributed by atoms with van der Waals surface area (Å²) in [6, 6.07) is 0.896. The van der Waals surface area contributed by atoms with Crippen molar-refractivity contribution >= 4 is 7.60 Å². The van der Waals surface area contributed by atoms with Gasteiger partial charge in [0.15, 0.2) is 11.6 Å². The van der Waals surface area contributed by atoms with Gasteiger partial charge in [0.25, 0.3) is 0 Å². The molecule has 0 amide bonds. The van der Waals surface area contributed by atoms with E-state index in [0.717, 1.165) is 0 Å². The third-order valence-corrected chi connectivity index (χ3v) is 4.51. The summed E-state index contributed by atoms with van der Waals surface area (Å²) in [6.07, 6.45) is 0. The Hall–Kier alpha value is -0.880. The molecule has 0 bridgehead atoms. The number of hydrogen-bond donors (Lipinski definition) is 1. The van der Waals surface area contributed by atoms with Gasteiger partial charge < -0.3 is 14.8 Å². The quantitative estimate of drug-likeness (QED) is 0.646. The predicted octanol–water partition coefficient (Wildman–Crippen LogP) is 3.33. The molecule has 0 aliphatic carbocycles. The topological polar surface area (TPSA) is 61.5 Å². The van der Waals surface area contributed by atoms with Gasteiger partial charge in [-0.1, -0.05) is 0 Å². The highest BCUT2D eigenvalue weighted by molar-refractivity contribution is 7.54. The van der Waals surface area contributed by atoms with Crippen molar-refractivity contribution in [3.05, 3.63) is 35.1 Å². The Labute approximate surface area is 109 Å². The minimum absolute atomic E-state index is 0.0241. The smallest absolute Gasteiger partial charge is 0.314 e. The first-order valence-corrected chi connectivity index (χ1v) is 7.25. The highest BCUT2D eigenvalue weighted by Gasteiger charge is 2.36. The Morgan fingerprint density at radius 2 is 1.58 bits per heavy atom. The van der Waals surface area contributed by atoms with E-state index < -0.39 is 36.4 Å². The Kier molecular flexibility index (Phi) is 5.55.